The monoisotopic (exact) mass is 324 g/mol. The highest BCUT2D eigenvalue weighted by molar-refractivity contribution is 5.91. The number of fused-ring (bicyclic) bond motifs is 3. The van der Waals surface area contributed by atoms with Gasteiger partial charge in [0.05, 0.1) is 24.9 Å². The molecule has 0 spiro atoms. The Morgan fingerprint density at radius 1 is 1.43 bits per heavy atom. The molecule has 2 N–H and O–H groups in total. The van der Waals surface area contributed by atoms with Crippen molar-refractivity contribution in [2.75, 3.05) is 20.3 Å². The first-order chi connectivity index (χ1) is 11.0. The molecule has 1 aromatic carbocycles. The Bertz CT molecular complexity index is 782. The average Bonchev–Trinajstić information content (AvgIpc) is 2.53. The number of nitrogens with zero attached hydrogens (tertiary/aromatic N) is 1. The summed E-state index contributed by atoms with van der Waals surface area (Å²) in [6.07, 6.45) is 0. The molecular formula is C15H14F2N2O4. The summed E-state index contributed by atoms with van der Waals surface area (Å²) in [4.78, 5) is 14.9. The molecule has 6 nitrogen and oxygen atoms in total. The SMILES string of the molecule is CNC1COCc2nc(OCC(=O)O)c3cc(F)c(F)cc3c21. The summed E-state index contributed by atoms with van der Waals surface area (Å²) in [5, 5.41) is 12.4. The molecule has 23 heavy (non-hydrogen) atoms. The number of hydrogen-bond acceptors (Lipinski definition) is 5. The van der Waals surface area contributed by atoms with Gasteiger partial charge in [0.15, 0.2) is 18.2 Å². The largest absolute Gasteiger partial charge is 0.479 e. The normalized spacial score (nSPS) is 17.1. The molecule has 1 aliphatic rings. The fraction of sp³-hybridized carbons (Fsp3) is 0.333. The van der Waals surface area contributed by atoms with E-state index in [2.05, 4.69) is 10.3 Å². The van der Waals surface area contributed by atoms with E-state index in [1.165, 1.54) is 0 Å². The standard InChI is InChI=1S/C15H14F2N2O4/c1-18-11-4-22-5-12-14(11)7-2-9(16)10(17)3-8(7)15(19-12)23-6-13(20)21/h2-3,11,18H,4-6H2,1H3,(H,20,21). The second-order valence-corrected chi connectivity index (χ2v) is 5.13. The van der Waals surface area contributed by atoms with E-state index in [1.54, 1.807) is 7.05 Å². The zero-order valence-corrected chi connectivity index (χ0v) is 12.2. The number of aromatic nitrogens is 1. The number of carbonyl (C=O) groups is 1. The van der Waals surface area contributed by atoms with Crippen LogP contribution >= 0.6 is 0 Å². The zero-order valence-electron chi connectivity index (χ0n) is 12.2. The third-order valence-corrected chi connectivity index (χ3v) is 3.68. The maximum atomic E-state index is 13.7. The van der Waals surface area contributed by atoms with E-state index in [4.69, 9.17) is 14.6 Å². The maximum absolute atomic E-state index is 13.7. The van der Waals surface area contributed by atoms with E-state index in [9.17, 15) is 13.6 Å². The van der Waals surface area contributed by atoms with Crippen LogP contribution in [0.4, 0.5) is 8.78 Å². The van der Waals surface area contributed by atoms with Crippen molar-refractivity contribution in [3.05, 3.63) is 35.0 Å². The van der Waals surface area contributed by atoms with Crippen LogP contribution in [0.1, 0.15) is 17.3 Å². The molecule has 0 radical (unpaired) electrons. The van der Waals surface area contributed by atoms with E-state index in [0.717, 1.165) is 12.1 Å². The molecule has 1 unspecified atom stereocenters. The van der Waals surface area contributed by atoms with Crippen LogP contribution in [0.5, 0.6) is 5.88 Å². The predicted molar refractivity (Wildman–Crippen MR) is 76.2 cm³/mol. The van der Waals surface area contributed by atoms with Crippen molar-refractivity contribution < 1.29 is 28.2 Å². The second-order valence-electron chi connectivity index (χ2n) is 5.13. The molecule has 8 heteroatoms. The molecule has 0 amide bonds. The minimum absolute atomic E-state index is 0.0552. The van der Waals surface area contributed by atoms with Crippen LogP contribution < -0.4 is 10.1 Å². The number of pyridine rings is 1. The molecule has 0 bridgehead atoms. The van der Waals surface area contributed by atoms with Crippen molar-refractivity contribution in [1.29, 1.82) is 0 Å². The lowest BCUT2D eigenvalue weighted by molar-refractivity contribution is -0.139. The van der Waals surface area contributed by atoms with Gasteiger partial charge in [-0.05, 0) is 24.6 Å². The lowest BCUT2D eigenvalue weighted by Gasteiger charge is -2.27. The predicted octanol–water partition coefficient (Wildman–Crippen LogP) is 1.77. The third-order valence-electron chi connectivity index (χ3n) is 3.68. The van der Waals surface area contributed by atoms with Gasteiger partial charge in [0.25, 0.3) is 0 Å². The lowest BCUT2D eigenvalue weighted by atomic mass is 9.96. The van der Waals surface area contributed by atoms with Crippen LogP contribution in [0.15, 0.2) is 12.1 Å². The van der Waals surface area contributed by atoms with Crippen LogP contribution in [-0.2, 0) is 16.1 Å². The zero-order chi connectivity index (χ0) is 16.6. The number of hydrogen-bond donors (Lipinski definition) is 2. The number of carboxylic acids is 1. The van der Waals surface area contributed by atoms with Gasteiger partial charge in [0, 0.05) is 10.9 Å². The van der Waals surface area contributed by atoms with E-state index >= 15 is 0 Å². The van der Waals surface area contributed by atoms with Crippen LogP contribution in [0, 0.1) is 11.6 Å². The Balaban J connectivity index is 2.25. The van der Waals surface area contributed by atoms with Gasteiger partial charge in [0.2, 0.25) is 5.88 Å². The Kier molecular flexibility index (Phi) is 4.10. The fourth-order valence-corrected chi connectivity index (χ4v) is 2.67. The van der Waals surface area contributed by atoms with Crippen LogP contribution in [-0.4, -0.2) is 36.3 Å². The van der Waals surface area contributed by atoms with Crippen molar-refractivity contribution in [2.24, 2.45) is 0 Å². The van der Waals surface area contributed by atoms with Gasteiger partial charge in [-0.2, -0.15) is 0 Å². The molecule has 2 aromatic rings. The fourth-order valence-electron chi connectivity index (χ4n) is 2.67. The average molecular weight is 324 g/mol. The van der Waals surface area contributed by atoms with Crippen molar-refractivity contribution in [3.63, 3.8) is 0 Å². The molecule has 0 fully saturated rings. The quantitative estimate of drug-likeness (QED) is 0.892. The first-order valence-electron chi connectivity index (χ1n) is 6.92. The summed E-state index contributed by atoms with van der Waals surface area (Å²) in [6, 6.07) is 1.82. The Morgan fingerprint density at radius 3 is 2.78 bits per heavy atom. The van der Waals surface area contributed by atoms with E-state index < -0.39 is 24.2 Å². The molecule has 0 saturated heterocycles. The summed E-state index contributed by atoms with van der Waals surface area (Å²) in [6.45, 7) is -0.0727. The number of ether oxygens (including phenoxy) is 2. The Labute approximate surface area is 130 Å². The number of aliphatic carboxylic acids is 1. The number of benzene rings is 1. The maximum Gasteiger partial charge on any atom is 0.341 e. The number of rotatable bonds is 4. The molecule has 0 aliphatic carbocycles. The molecule has 122 valence electrons. The Morgan fingerprint density at radius 2 is 2.13 bits per heavy atom. The molecular weight excluding hydrogens is 310 g/mol. The minimum atomic E-state index is -1.19. The number of nitrogens with one attached hydrogen (secondary N) is 1. The van der Waals surface area contributed by atoms with E-state index in [1.807, 2.05) is 0 Å². The van der Waals surface area contributed by atoms with Crippen LogP contribution in [0.3, 0.4) is 0 Å². The van der Waals surface area contributed by atoms with Crippen LogP contribution in [0.25, 0.3) is 10.8 Å². The third kappa shape index (κ3) is 2.82. The van der Waals surface area contributed by atoms with E-state index in [-0.39, 0.29) is 23.9 Å². The summed E-state index contributed by atoms with van der Waals surface area (Å²) >= 11 is 0. The summed E-state index contributed by atoms with van der Waals surface area (Å²) in [5.41, 5.74) is 1.21. The molecule has 0 saturated carbocycles. The van der Waals surface area contributed by atoms with E-state index in [0.29, 0.717) is 23.3 Å². The minimum Gasteiger partial charge on any atom is -0.479 e. The van der Waals surface area contributed by atoms with Crippen molar-refractivity contribution in [3.8, 4) is 5.88 Å². The van der Waals surface area contributed by atoms with Crippen LogP contribution in [0.2, 0.25) is 0 Å². The first kappa shape index (κ1) is 15.6. The highest BCUT2D eigenvalue weighted by Gasteiger charge is 2.26. The van der Waals surface area contributed by atoms with Crippen molar-refractivity contribution in [2.45, 2.75) is 12.6 Å². The summed E-state index contributed by atoms with van der Waals surface area (Å²) in [7, 11) is 1.73. The van der Waals surface area contributed by atoms with Gasteiger partial charge in [-0.15, -0.1) is 0 Å². The number of likely N-dealkylation sites (N-methyl/N-ethyl adjacent to an activating group) is 1. The number of halogens is 2. The smallest absolute Gasteiger partial charge is 0.341 e. The highest BCUT2D eigenvalue weighted by atomic mass is 19.2. The summed E-state index contributed by atoms with van der Waals surface area (Å²) in [5.74, 6) is -3.28. The van der Waals surface area contributed by atoms with Gasteiger partial charge in [-0.1, -0.05) is 0 Å². The Hall–Kier alpha value is -2.32. The highest BCUT2D eigenvalue weighted by Crippen LogP contribution is 2.36. The van der Waals surface area contributed by atoms with Gasteiger partial charge >= 0.3 is 5.97 Å². The summed E-state index contributed by atoms with van der Waals surface area (Å²) < 4.78 is 37.9. The van der Waals surface area contributed by atoms with Gasteiger partial charge < -0.3 is 19.9 Å². The van der Waals surface area contributed by atoms with Crippen molar-refractivity contribution >= 4 is 16.7 Å². The molecule has 2 heterocycles. The van der Waals surface area contributed by atoms with Crippen molar-refractivity contribution in [1.82, 2.24) is 10.3 Å². The molecule has 1 atom stereocenters. The lowest BCUT2D eigenvalue weighted by Crippen LogP contribution is -2.28. The van der Waals surface area contributed by atoms with Gasteiger partial charge in [0.1, 0.15) is 0 Å². The molecule has 1 aliphatic heterocycles. The van der Waals surface area contributed by atoms with Gasteiger partial charge in [-0.3, -0.25) is 0 Å². The molecule has 3 rings (SSSR count). The first-order valence-corrected chi connectivity index (χ1v) is 6.92. The van der Waals surface area contributed by atoms with Gasteiger partial charge in [-0.25, -0.2) is 18.6 Å². The second kappa shape index (κ2) is 6.05. The topological polar surface area (TPSA) is 80.7 Å². The molecule has 1 aromatic heterocycles. The number of carboxylic acid groups (broad SMARTS) is 1.